The lowest BCUT2D eigenvalue weighted by Gasteiger charge is -2.24. The zero-order valence-electron chi connectivity index (χ0n) is 5.63. The third-order valence-corrected chi connectivity index (χ3v) is 1.80. The van der Waals surface area contributed by atoms with Crippen LogP contribution in [0.1, 0.15) is 0 Å². The SMILES string of the molecule is O=C1NCCN2CCN=C12. The average molecular weight is 139 g/mol. The molecule has 1 saturated heterocycles. The molecule has 0 spiro atoms. The summed E-state index contributed by atoms with van der Waals surface area (Å²) < 4.78 is 0. The predicted octanol–water partition coefficient (Wildman–Crippen LogP) is -1.17. The molecule has 2 aliphatic heterocycles. The van der Waals surface area contributed by atoms with E-state index in [1.807, 2.05) is 4.90 Å². The van der Waals surface area contributed by atoms with Crippen molar-refractivity contribution in [2.75, 3.05) is 26.2 Å². The van der Waals surface area contributed by atoms with E-state index in [1.165, 1.54) is 0 Å². The quantitative estimate of drug-likeness (QED) is 0.459. The Labute approximate surface area is 58.9 Å². The summed E-state index contributed by atoms with van der Waals surface area (Å²) in [5.74, 6) is 0.620. The summed E-state index contributed by atoms with van der Waals surface area (Å²) >= 11 is 0. The van der Waals surface area contributed by atoms with Crippen LogP contribution in [0, 0.1) is 0 Å². The highest BCUT2D eigenvalue weighted by Crippen LogP contribution is 2.03. The van der Waals surface area contributed by atoms with Gasteiger partial charge >= 0.3 is 0 Å². The van der Waals surface area contributed by atoms with Crippen LogP contribution in [0.4, 0.5) is 0 Å². The number of carbonyl (C=O) groups excluding carboxylic acids is 1. The van der Waals surface area contributed by atoms with Gasteiger partial charge in [-0.3, -0.25) is 9.79 Å². The van der Waals surface area contributed by atoms with Crippen LogP contribution < -0.4 is 5.32 Å². The van der Waals surface area contributed by atoms with Crippen LogP contribution in [-0.4, -0.2) is 42.8 Å². The maximum Gasteiger partial charge on any atom is 0.286 e. The highest BCUT2D eigenvalue weighted by molar-refractivity contribution is 6.38. The van der Waals surface area contributed by atoms with Gasteiger partial charge in [0.15, 0.2) is 5.84 Å². The van der Waals surface area contributed by atoms with Crippen molar-refractivity contribution < 1.29 is 4.79 Å². The number of carbonyl (C=O) groups is 1. The summed E-state index contributed by atoms with van der Waals surface area (Å²) in [6, 6.07) is 0. The predicted molar refractivity (Wildman–Crippen MR) is 36.9 cm³/mol. The van der Waals surface area contributed by atoms with Gasteiger partial charge in [-0.05, 0) is 0 Å². The van der Waals surface area contributed by atoms with Crippen LogP contribution in [0.5, 0.6) is 0 Å². The normalized spacial score (nSPS) is 23.8. The lowest BCUT2D eigenvalue weighted by atomic mass is 10.3. The molecular formula is C6H9N3O. The van der Waals surface area contributed by atoms with Crippen LogP contribution in [0.2, 0.25) is 0 Å². The Morgan fingerprint density at radius 3 is 3.20 bits per heavy atom. The van der Waals surface area contributed by atoms with Crippen LogP contribution in [0.3, 0.4) is 0 Å². The summed E-state index contributed by atoms with van der Waals surface area (Å²) in [6.45, 7) is 3.38. The van der Waals surface area contributed by atoms with Crippen molar-refractivity contribution in [1.82, 2.24) is 10.2 Å². The van der Waals surface area contributed by atoms with E-state index in [-0.39, 0.29) is 5.91 Å². The van der Waals surface area contributed by atoms with Crippen molar-refractivity contribution in [2.24, 2.45) is 4.99 Å². The second-order valence-corrected chi connectivity index (χ2v) is 2.45. The summed E-state index contributed by atoms with van der Waals surface area (Å²) in [6.07, 6.45) is 0. The molecule has 1 amide bonds. The molecule has 0 saturated carbocycles. The molecule has 4 nitrogen and oxygen atoms in total. The first kappa shape index (κ1) is 5.70. The molecule has 2 aliphatic rings. The van der Waals surface area contributed by atoms with Crippen molar-refractivity contribution in [1.29, 1.82) is 0 Å². The third-order valence-electron chi connectivity index (χ3n) is 1.80. The molecule has 1 N–H and O–H groups in total. The molecular weight excluding hydrogens is 130 g/mol. The summed E-state index contributed by atoms with van der Waals surface area (Å²) in [5.41, 5.74) is 0. The van der Waals surface area contributed by atoms with E-state index in [4.69, 9.17) is 0 Å². The van der Waals surface area contributed by atoms with Gasteiger partial charge in [-0.2, -0.15) is 0 Å². The van der Waals surface area contributed by atoms with E-state index < -0.39 is 0 Å². The number of hydrogen-bond acceptors (Lipinski definition) is 3. The van der Waals surface area contributed by atoms with Gasteiger partial charge in [0.2, 0.25) is 0 Å². The molecule has 2 heterocycles. The minimum atomic E-state index is -0.0104. The first-order valence-electron chi connectivity index (χ1n) is 3.45. The Hall–Kier alpha value is -1.06. The number of aliphatic imine (C=N–C) groups is 1. The highest BCUT2D eigenvalue weighted by atomic mass is 16.2. The maximum atomic E-state index is 11.0. The minimum absolute atomic E-state index is 0.0104. The van der Waals surface area contributed by atoms with Gasteiger partial charge in [0.1, 0.15) is 0 Å². The number of piperazine rings is 1. The van der Waals surface area contributed by atoms with Crippen LogP contribution in [-0.2, 0) is 4.79 Å². The third kappa shape index (κ3) is 0.683. The van der Waals surface area contributed by atoms with Crippen LogP contribution in [0.15, 0.2) is 4.99 Å². The Balaban J connectivity index is 2.22. The average Bonchev–Trinajstić information content (AvgIpc) is 2.36. The summed E-state index contributed by atoms with van der Waals surface area (Å²) in [7, 11) is 0. The molecule has 0 unspecified atom stereocenters. The fourth-order valence-corrected chi connectivity index (χ4v) is 1.30. The molecule has 0 aromatic heterocycles. The molecule has 54 valence electrons. The second-order valence-electron chi connectivity index (χ2n) is 2.45. The number of hydrogen-bond donors (Lipinski definition) is 1. The van der Waals surface area contributed by atoms with Crippen molar-refractivity contribution in [3.05, 3.63) is 0 Å². The second kappa shape index (κ2) is 1.97. The molecule has 4 heteroatoms. The van der Waals surface area contributed by atoms with Gasteiger partial charge in [0, 0.05) is 19.6 Å². The van der Waals surface area contributed by atoms with E-state index in [0.29, 0.717) is 5.84 Å². The van der Waals surface area contributed by atoms with Gasteiger partial charge in [0.25, 0.3) is 5.91 Å². The monoisotopic (exact) mass is 139 g/mol. The standard InChI is InChI=1S/C6H9N3O/c10-6-5-7-1-3-9(5)4-2-8-6/h1-4H2,(H,8,10). The first-order valence-corrected chi connectivity index (χ1v) is 3.45. The van der Waals surface area contributed by atoms with E-state index in [0.717, 1.165) is 26.2 Å². The van der Waals surface area contributed by atoms with Crippen molar-refractivity contribution in [2.45, 2.75) is 0 Å². The molecule has 0 aromatic rings. The van der Waals surface area contributed by atoms with Gasteiger partial charge in [-0.15, -0.1) is 0 Å². The lowest BCUT2D eigenvalue weighted by molar-refractivity contribution is -0.116. The molecule has 0 radical (unpaired) electrons. The number of nitrogens with zero attached hydrogens (tertiary/aromatic N) is 2. The summed E-state index contributed by atoms with van der Waals surface area (Å²) in [4.78, 5) is 17.1. The number of nitrogens with one attached hydrogen (secondary N) is 1. The lowest BCUT2D eigenvalue weighted by Crippen LogP contribution is -2.50. The van der Waals surface area contributed by atoms with Crippen LogP contribution >= 0.6 is 0 Å². The Morgan fingerprint density at radius 2 is 2.40 bits per heavy atom. The van der Waals surface area contributed by atoms with E-state index in [9.17, 15) is 4.79 Å². The number of rotatable bonds is 0. The van der Waals surface area contributed by atoms with E-state index >= 15 is 0 Å². The zero-order valence-corrected chi connectivity index (χ0v) is 5.63. The van der Waals surface area contributed by atoms with E-state index in [2.05, 4.69) is 10.3 Å². The van der Waals surface area contributed by atoms with Crippen LogP contribution in [0.25, 0.3) is 0 Å². The van der Waals surface area contributed by atoms with E-state index in [1.54, 1.807) is 0 Å². The topological polar surface area (TPSA) is 44.7 Å². The molecule has 0 aromatic carbocycles. The highest BCUT2D eigenvalue weighted by Gasteiger charge is 2.26. The molecule has 0 bridgehead atoms. The fraction of sp³-hybridized carbons (Fsp3) is 0.667. The fourth-order valence-electron chi connectivity index (χ4n) is 1.30. The molecule has 0 atom stereocenters. The Bertz CT molecular complexity index is 199. The van der Waals surface area contributed by atoms with Gasteiger partial charge in [-0.1, -0.05) is 0 Å². The van der Waals surface area contributed by atoms with Gasteiger partial charge < -0.3 is 10.2 Å². The number of fused-ring (bicyclic) bond motifs is 1. The summed E-state index contributed by atoms with van der Waals surface area (Å²) in [5, 5.41) is 2.74. The van der Waals surface area contributed by atoms with Crippen molar-refractivity contribution >= 4 is 11.7 Å². The Morgan fingerprint density at radius 1 is 1.50 bits per heavy atom. The van der Waals surface area contributed by atoms with Gasteiger partial charge in [0.05, 0.1) is 6.54 Å². The van der Waals surface area contributed by atoms with Gasteiger partial charge in [-0.25, -0.2) is 0 Å². The molecule has 0 aliphatic carbocycles. The largest absolute Gasteiger partial charge is 0.349 e. The first-order chi connectivity index (χ1) is 4.88. The molecule has 1 fully saturated rings. The number of amidine groups is 1. The zero-order chi connectivity index (χ0) is 6.97. The van der Waals surface area contributed by atoms with Crippen molar-refractivity contribution in [3.8, 4) is 0 Å². The molecule has 10 heavy (non-hydrogen) atoms. The smallest absolute Gasteiger partial charge is 0.286 e. The molecule has 2 rings (SSSR count). The number of amides is 1. The maximum absolute atomic E-state index is 11.0. The Kier molecular flexibility index (Phi) is 1.12. The van der Waals surface area contributed by atoms with Crippen molar-refractivity contribution in [3.63, 3.8) is 0 Å². The minimum Gasteiger partial charge on any atom is -0.349 e.